The van der Waals surface area contributed by atoms with Crippen LogP contribution in [0.5, 0.6) is 5.75 Å². The molecule has 0 bridgehead atoms. The van der Waals surface area contributed by atoms with Gasteiger partial charge in [0.15, 0.2) is 0 Å². The number of ether oxygens (including phenoxy) is 1. The highest BCUT2D eigenvalue weighted by Crippen LogP contribution is 2.27. The summed E-state index contributed by atoms with van der Waals surface area (Å²) in [6.45, 7) is 6.99. The molecule has 1 aromatic heterocycles. The number of fused-ring (bicyclic) bond motifs is 1. The molecule has 0 radical (unpaired) electrons. The molecule has 1 N–H and O–H groups in total. The van der Waals surface area contributed by atoms with Crippen molar-refractivity contribution in [1.82, 2.24) is 14.5 Å². The van der Waals surface area contributed by atoms with Gasteiger partial charge in [0.25, 0.3) is 0 Å². The number of rotatable bonds is 5. The molecule has 0 saturated heterocycles. The molecule has 0 saturated carbocycles. The lowest BCUT2D eigenvalue weighted by Crippen LogP contribution is -2.35. The SMILES string of the molecule is CCn1nc(C)c(S(=O)(=O)NC[C@H]2COc3ccccc3C2)c1C. The quantitative estimate of drug-likeness (QED) is 0.897. The number of sulfonamides is 1. The molecule has 0 spiro atoms. The summed E-state index contributed by atoms with van der Waals surface area (Å²) in [5.41, 5.74) is 2.33. The van der Waals surface area contributed by atoms with Gasteiger partial charge in [0, 0.05) is 19.0 Å². The van der Waals surface area contributed by atoms with Gasteiger partial charge in [-0.3, -0.25) is 4.68 Å². The van der Waals surface area contributed by atoms with E-state index in [1.165, 1.54) is 0 Å². The van der Waals surface area contributed by atoms with Crippen molar-refractivity contribution in [3.8, 4) is 5.75 Å². The Hall–Kier alpha value is -1.86. The molecule has 6 nitrogen and oxygen atoms in total. The van der Waals surface area contributed by atoms with E-state index in [9.17, 15) is 8.42 Å². The first-order chi connectivity index (χ1) is 11.4. The maximum Gasteiger partial charge on any atom is 0.244 e. The Labute approximate surface area is 142 Å². The Morgan fingerprint density at radius 1 is 1.33 bits per heavy atom. The average Bonchev–Trinajstić information content (AvgIpc) is 2.87. The number of aromatic nitrogens is 2. The van der Waals surface area contributed by atoms with Crippen LogP contribution >= 0.6 is 0 Å². The van der Waals surface area contributed by atoms with Gasteiger partial charge in [-0.25, -0.2) is 13.1 Å². The smallest absolute Gasteiger partial charge is 0.244 e. The van der Waals surface area contributed by atoms with Gasteiger partial charge >= 0.3 is 0 Å². The summed E-state index contributed by atoms with van der Waals surface area (Å²) in [6, 6.07) is 7.89. The number of para-hydroxylation sites is 1. The zero-order valence-electron chi connectivity index (χ0n) is 14.2. The van der Waals surface area contributed by atoms with E-state index in [1.54, 1.807) is 18.5 Å². The summed E-state index contributed by atoms with van der Waals surface area (Å²) in [5, 5.41) is 4.29. The lowest BCUT2D eigenvalue weighted by molar-refractivity contribution is 0.223. The third-order valence-corrected chi connectivity index (χ3v) is 6.08. The molecule has 0 unspecified atom stereocenters. The van der Waals surface area contributed by atoms with Gasteiger partial charge in [0.2, 0.25) is 10.0 Å². The van der Waals surface area contributed by atoms with Crippen LogP contribution < -0.4 is 9.46 Å². The lowest BCUT2D eigenvalue weighted by atomic mass is 9.97. The van der Waals surface area contributed by atoms with E-state index in [-0.39, 0.29) is 5.92 Å². The number of aryl methyl sites for hydroxylation is 2. The van der Waals surface area contributed by atoms with Crippen molar-refractivity contribution in [3.05, 3.63) is 41.2 Å². The molecule has 7 heteroatoms. The van der Waals surface area contributed by atoms with Gasteiger partial charge in [0.05, 0.1) is 18.0 Å². The van der Waals surface area contributed by atoms with Gasteiger partial charge in [-0.15, -0.1) is 0 Å². The summed E-state index contributed by atoms with van der Waals surface area (Å²) in [4.78, 5) is 0.293. The maximum absolute atomic E-state index is 12.7. The van der Waals surface area contributed by atoms with Crippen molar-refractivity contribution < 1.29 is 13.2 Å². The minimum Gasteiger partial charge on any atom is -0.493 e. The number of hydrogen-bond donors (Lipinski definition) is 1. The molecule has 1 atom stereocenters. The van der Waals surface area contributed by atoms with Crippen LogP contribution in [0.15, 0.2) is 29.2 Å². The highest BCUT2D eigenvalue weighted by Gasteiger charge is 2.26. The second-order valence-electron chi connectivity index (χ2n) is 6.16. The molecular formula is C17H23N3O3S. The molecule has 1 aromatic carbocycles. The second-order valence-corrected chi connectivity index (χ2v) is 7.86. The molecule has 2 heterocycles. The standard InChI is InChI=1S/C17H23N3O3S/c1-4-20-13(3)17(12(2)19-20)24(21,22)18-10-14-9-15-7-5-6-8-16(15)23-11-14/h5-8,14,18H,4,9-11H2,1-3H3/t14-/m0/s1. The molecule has 1 aliphatic rings. The number of nitrogens with one attached hydrogen (secondary N) is 1. The summed E-state index contributed by atoms with van der Waals surface area (Å²) in [6.07, 6.45) is 0.810. The van der Waals surface area contributed by atoms with E-state index < -0.39 is 10.0 Å². The van der Waals surface area contributed by atoms with E-state index >= 15 is 0 Å². The van der Waals surface area contributed by atoms with Gasteiger partial charge < -0.3 is 4.74 Å². The van der Waals surface area contributed by atoms with Crippen molar-refractivity contribution in [1.29, 1.82) is 0 Å². The van der Waals surface area contributed by atoms with Crippen LogP contribution in [0.4, 0.5) is 0 Å². The Balaban J connectivity index is 1.72. The molecule has 3 rings (SSSR count). The zero-order valence-corrected chi connectivity index (χ0v) is 15.1. The van der Waals surface area contributed by atoms with Gasteiger partial charge in [-0.2, -0.15) is 5.10 Å². The number of benzene rings is 1. The third kappa shape index (κ3) is 3.18. The van der Waals surface area contributed by atoms with Crippen LogP contribution in [-0.2, 0) is 23.0 Å². The summed E-state index contributed by atoms with van der Waals surface area (Å²) in [7, 11) is -3.58. The van der Waals surface area contributed by atoms with E-state index in [4.69, 9.17) is 4.74 Å². The van der Waals surface area contributed by atoms with E-state index in [0.29, 0.717) is 36.0 Å². The minimum absolute atomic E-state index is 0.122. The predicted molar refractivity (Wildman–Crippen MR) is 91.7 cm³/mol. The Bertz CT molecular complexity index is 843. The Morgan fingerprint density at radius 2 is 2.08 bits per heavy atom. The monoisotopic (exact) mass is 349 g/mol. The van der Waals surface area contributed by atoms with Crippen LogP contribution in [-0.4, -0.2) is 31.3 Å². The highest BCUT2D eigenvalue weighted by atomic mass is 32.2. The fourth-order valence-corrected chi connectivity index (χ4v) is 4.72. The fraction of sp³-hybridized carbons (Fsp3) is 0.471. The van der Waals surface area contributed by atoms with Crippen LogP contribution in [0.3, 0.4) is 0 Å². The topological polar surface area (TPSA) is 73.2 Å². The molecule has 0 fully saturated rings. The predicted octanol–water partition coefficient (Wildman–Crippen LogP) is 2.05. The first-order valence-electron chi connectivity index (χ1n) is 8.16. The number of nitrogens with zero attached hydrogens (tertiary/aromatic N) is 2. The fourth-order valence-electron chi connectivity index (χ4n) is 3.20. The van der Waals surface area contributed by atoms with Gasteiger partial charge in [-0.1, -0.05) is 18.2 Å². The molecule has 130 valence electrons. The van der Waals surface area contributed by atoms with E-state index in [0.717, 1.165) is 17.7 Å². The molecule has 24 heavy (non-hydrogen) atoms. The van der Waals surface area contributed by atoms with Crippen LogP contribution in [0.1, 0.15) is 23.9 Å². The average molecular weight is 349 g/mol. The molecule has 1 aliphatic heterocycles. The van der Waals surface area contributed by atoms with E-state index in [1.807, 2.05) is 31.2 Å². The summed E-state index contributed by atoms with van der Waals surface area (Å²) < 4.78 is 35.5. The number of hydrogen-bond acceptors (Lipinski definition) is 4. The summed E-state index contributed by atoms with van der Waals surface area (Å²) in [5.74, 6) is 1.02. The molecule has 0 aliphatic carbocycles. The first-order valence-corrected chi connectivity index (χ1v) is 9.65. The normalized spacial score (nSPS) is 17.4. The van der Waals surface area contributed by atoms with Crippen molar-refractivity contribution in [2.45, 2.75) is 38.6 Å². The van der Waals surface area contributed by atoms with Gasteiger partial charge in [0.1, 0.15) is 10.6 Å². The minimum atomic E-state index is -3.58. The molecule has 0 amide bonds. The third-order valence-electron chi connectivity index (χ3n) is 4.40. The zero-order chi connectivity index (χ0) is 17.3. The van der Waals surface area contributed by atoms with Crippen molar-refractivity contribution >= 4 is 10.0 Å². The Morgan fingerprint density at radius 3 is 2.79 bits per heavy atom. The second kappa shape index (κ2) is 6.57. The van der Waals surface area contributed by atoms with Crippen molar-refractivity contribution in [3.63, 3.8) is 0 Å². The van der Waals surface area contributed by atoms with Crippen molar-refractivity contribution in [2.75, 3.05) is 13.2 Å². The van der Waals surface area contributed by atoms with Crippen LogP contribution in [0.2, 0.25) is 0 Å². The molecule has 2 aromatic rings. The van der Waals surface area contributed by atoms with Crippen molar-refractivity contribution in [2.24, 2.45) is 5.92 Å². The van der Waals surface area contributed by atoms with E-state index in [2.05, 4.69) is 9.82 Å². The van der Waals surface area contributed by atoms with Crippen LogP contribution in [0.25, 0.3) is 0 Å². The molecular weight excluding hydrogens is 326 g/mol. The largest absolute Gasteiger partial charge is 0.493 e. The van der Waals surface area contributed by atoms with Gasteiger partial charge in [-0.05, 0) is 38.8 Å². The highest BCUT2D eigenvalue weighted by molar-refractivity contribution is 7.89. The van der Waals surface area contributed by atoms with Crippen LogP contribution in [0, 0.1) is 19.8 Å². The summed E-state index contributed by atoms with van der Waals surface area (Å²) >= 11 is 0. The first kappa shape index (κ1) is 17.0. The Kier molecular flexibility index (Phi) is 4.64. The lowest BCUT2D eigenvalue weighted by Gasteiger charge is -2.25. The maximum atomic E-state index is 12.7.